The number of amides is 2. The van der Waals surface area contributed by atoms with Crippen LogP contribution in [0.1, 0.15) is 29.2 Å². The average Bonchev–Trinajstić information content (AvgIpc) is 2.90. The van der Waals surface area contributed by atoms with E-state index in [1.165, 1.54) is 4.90 Å². The van der Waals surface area contributed by atoms with Crippen LogP contribution in [0.25, 0.3) is 0 Å². The van der Waals surface area contributed by atoms with Gasteiger partial charge in [0.25, 0.3) is 0 Å². The summed E-state index contributed by atoms with van der Waals surface area (Å²) in [5.74, 6) is -0.181. The number of nitrogens with one attached hydrogen (secondary N) is 1. The topological polar surface area (TPSA) is 96.0 Å². The van der Waals surface area contributed by atoms with Gasteiger partial charge in [0.2, 0.25) is 21.8 Å². The molecule has 0 aliphatic carbocycles. The minimum absolute atomic E-state index is 0.0923. The first-order valence-electron chi connectivity index (χ1n) is 12.8. The first kappa shape index (κ1) is 29.7. The van der Waals surface area contributed by atoms with E-state index in [9.17, 15) is 18.0 Å². The van der Waals surface area contributed by atoms with Crippen molar-refractivity contribution in [1.82, 2.24) is 10.2 Å². The fourth-order valence-corrected chi connectivity index (χ4v) is 5.55. The van der Waals surface area contributed by atoms with Crippen molar-refractivity contribution in [3.8, 4) is 5.75 Å². The standard InChI is InChI=1S/C30H37N3O5S/c1-6-31-30(35)27(19-24-14-8-7-9-15-24)32(20-25-16-11-17-26(18-25)38-4)28(34)21-33(39(5,36)37)29-22(2)12-10-13-23(29)3/h7-18,27H,6,19-21H2,1-5H3,(H,31,35). The predicted molar refractivity (Wildman–Crippen MR) is 154 cm³/mol. The zero-order valence-corrected chi connectivity index (χ0v) is 24.0. The lowest BCUT2D eigenvalue weighted by Crippen LogP contribution is -2.53. The van der Waals surface area contributed by atoms with Crippen molar-refractivity contribution >= 4 is 27.5 Å². The Labute approximate surface area is 231 Å². The lowest BCUT2D eigenvalue weighted by Gasteiger charge is -2.34. The van der Waals surface area contributed by atoms with E-state index in [1.54, 1.807) is 19.2 Å². The van der Waals surface area contributed by atoms with E-state index in [4.69, 9.17) is 4.74 Å². The van der Waals surface area contributed by atoms with Gasteiger partial charge in [-0.1, -0.05) is 60.7 Å². The molecular formula is C30H37N3O5S. The van der Waals surface area contributed by atoms with Crippen molar-refractivity contribution in [1.29, 1.82) is 0 Å². The molecule has 0 bridgehead atoms. The molecule has 8 nitrogen and oxygen atoms in total. The first-order valence-corrected chi connectivity index (χ1v) is 14.7. The van der Waals surface area contributed by atoms with E-state index in [2.05, 4.69) is 5.32 Å². The van der Waals surface area contributed by atoms with Gasteiger partial charge in [-0.3, -0.25) is 13.9 Å². The SMILES string of the molecule is CCNC(=O)C(Cc1ccccc1)N(Cc1cccc(OC)c1)C(=O)CN(c1c(C)cccc1C)S(C)(=O)=O. The molecule has 0 aliphatic rings. The van der Waals surface area contributed by atoms with Crippen LogP contribution in [0.4, 0.5) is 5.69 Å². The highest BCUT2D eigenvalue weighted by molar-refractivity contribution is 7.92. The number of carbonyl (C=O) groups is 2. The third-order valence-electron chi connectivity index (χ3n) is 6.48. The highest BCUT2D eigenvalue weighted by atomic mass is 32.2. The van der Waals surface area contributed by atoms with E-state index in [1.807, 2.05) is 81.4 Å². The second kappa shape index (κ2) is 13.3. The molecule has 39 heavy (non-hydrogen) atoms. The zero-order valence-electron chi connectivity index (χ0n) is 23.2. The highest BCUT2D eigenvalue weighted by Crippen LogP contribution is 2.27. The van der Waals surface area contributed by atoms with Crippen LogP contribution in [0.5, 0.6) is 5.75 Å². The summed E-state index contributed by atoms with van der Waals surface area (Å²) in [4.78, 5) is 29.0. The molecule has 0 saturated heterocycles. The van der Waals surface area contributed by atoms with Gasteiger partial charge in [-0.25, -0.2) is 8.42 Å². The van der Waals surface area contributed by atoms with Crippen molar-refractivity contribution in [2.24, 2.45) is 0 Å². The fourth-order valence-electron chi connectivity index (χ4n) is 4.59. The molecule has 1 atom stereocenters. The molecule has 208 valence electrons. The van der Waals surface area contributed by atoms with Gasteiger partial charge in [0.15, 0.2) is 0 Å². The molecule has 3 aromatic carbocycles. The third kappa shape index (κ3) is 7.83. The number of aryl methyl sites for hydroxylation is 2. The van der Waals surface area contributed by atoms with Crippen molar-refractivity contribution in [2.75, 3.05) is 30.8 Å². The van der Waals surface area contributed by atoms with E-state index < -0.39 is 28.5 Å². The molecule has 0 aromatic heterocycles. The Morgan fingerprint density at radius 1 is 0.923 bits per heavy atom. The summed E-state index contributed by atoms with van der Waals surface area (Å²) < 4.78 is 32.5. The molecule has 0 heterocycles. The van der Waals surface area contributed by atoms with E-state index >= 15 is 0 Å². The molecule has 1 N–H and O–H groups in total. The van der Waals surface area contributed by atoms with Crippen LogP contribution in [-0.4, -0.2) is 57.6 Å². The Morgan fingerprint density at radius 3 is 2.13 bits per heavy atom. The number of para-hydroxylation sites is 1. The molecule has 0 fully saturated rings. The number of nitrogens with zero attached hydrogens (tertiary/aromatic N) is 2. The molecule has 0 saturated carbocycles. The smallest absolute Gasteiger partial charge is 0.244 e. The average molecular weight is 552 g/mol. The second-order valence-corrected chi connectivity index (χ2v) is 11.4. The van der Waals surface area contributed by atoms with Gasteiger partial charge in [-0.2, -0.15) is 0 Å². The molecule has 0 spiro atoms. The van der Waals surface area contributed by atoms with Crippen LogP contribution in [0, 0.1) is 13.8 Å². The number of anilines is 1. The molecule has 1 unspecified atom stereocenters. The quantitative estimate of drug-likeness (QED) is 0.369. The van der Waals surface area contributed by atoms with Crippen LogP contribution in [-0.2, 0) is 32.6 Å². The number of hydrogen-bond donors (Lipinski definition) is 1. The Morgan fingerprint density at radius 2 is 1.54 bits per heavy atom. The van der Waals surface area contributed by atoms with Crippen molar-refractivity contribution in [2.45, 2.75) is 39.8 Å². The number of sulfonamides is 1. The van der Waals surface area contributed by atoms with Crippen LogP contribution in [0.2, 0.25) is 0 Å². The third-order valence-corrected chi connectivity index (χ3v) is 7.59. The summed E-state index contributed by atoms with van der Waals surface area (Å²) in [6.45, 7) is 5.48. The molecule has 3 rings (SSSR count). The second-order valence-electron chi connectivity index (χ2n) is 9.48. The highest BCUT2D eigenvalue weighted by Gasteiger charge is 2.33. The Bertz CT molecular complexity index is 1370. The number of methoxy groups -OCH3 is 1. The molecule has 3 aromatic rings. The molecular weight excluding hydrogens is 514 g/mol. The number of ether oxygens (including phenoxy) is 1. The van der Waals surface area contributed by atoms with Gasteiger partial charge < -0.3 is 15.0 Å². The van der Waals surface area contributed by atoms with Gasteiger partial charge >= 0.3 is 0 Å². The Kier molecular flexibility index (Phi) is 10.1. The summed E-state index contributed by atoms with van der Waals surface area (Å²) in [5.41, 5.74) is 3.57. The van der Waals surface area contributed by atoms with Crippen LogP contribution in [0.3, 0.4) is 0 Å². The first-order chi connectivity index (χ1) is 18.5. The largest absolute Gasteiger partial charge is 0.497 e. The van der Waals surface area contributed by atoms with Crippen LogP contribution >= 0.6 is 0 Å². The van der Waals surface area contributed by atoms with Crippen molar-refractivity contribution in [3.05, 3.63) is 95.1 Å². The van der Waals surface area contributed by atoms with Crippen LogP contribution in [0.15, 0.2) is 72.8 Å². The van der Waals surface area contributed by atoms with Gasteiger partial charge in [0.05, 0.1) is 19.1 Å². The maximum absolute atomic E-state index is 14.1. The fraction of sp³-hybridized carbons (Fsp3) is 0.333. The monoisotopic (exact) mass is 551 g/mol. The molecule has 2 amide bonds. The number of carbonyl (C=O) groups excluding carboxylic acids is 2. The number of benzene rings is 3. The van der Waals surface area contributed by atoms with E-state index in [0.29, 0.717) is 18.0 Å². The number of hydrogen-bond acceptors (Lipinski definition) is 5. The molecule has 9 heteroatoms. The van der Waals surface area contributed by atoms with Crippen LogP contribution < -0.4 is 14.4 Å². The Hall–Kier alpha value is -3.85. The number of rotatable bonds is 12. The Balaban J connectivity index is 2.09. The summed E-state index contributed by atoms with van der Waals surface area (Å²) in [5, 5.41) is 2.85. The van der Waals surface area contributed by atoms with Crippen molar-refractivity contribution < 1.29 is 22.7 Å². The van der Waals surface area contributed by atoms with Gasteiger partial charge in [-0.05, 0) is 55.2 Å². The van der Waals surface area contributed by atoms with E-state index in [0.717, 1.165) is 32.8 Å². The normalized spacial score (nSPS) is 11.9. The summed E-state index contributed by atoms with van der Waals surface area (Å²) in [6, 6.07) is 21.3. The minimum Gasteiger partial charge on any atom is -0.497 e. The maximum atomic E-state index is 14.1. The maximum Gasteiger partial charge on any atom is 0.244 e. The molecule has 0 aliphatic heterocycles. The lowest BCUT2D eigenvalue weighted by atomic mass is 10.0. The molecule has 0 radical (unpaired) electrons. The van der Waals surface area contributed by atoms with Gasteiger partial charge in [0.1, 0.15) is 18.3 Å². The summed E-state index contributed by atoms with van der Waals surface area (Å²) in [6.07, 6.45) is 1.36. The van der Waals surface area contributed by atoms with Gasteiger partial charge in [0, 0.05) is 19.5 Å². The number of likely N-dealkylation sites (N-methyl/N-ethyl adjacent to an activating group) is 1. The minimum atomic E-state index is -3.82. The predicted octanol–water partition coefficient (Wildman–Crippen LogP) is 3.85. The van der Waals surface area contributed by atoms with E-state index in [-0.39, 0.29) is 18.9 Å². The van der Waals surface area contributed by atoms with Crippen molar-refractivity contribution in [3.63, 3.8) is 0 Å². The van der Waals surface area contributed by atoms with Gasteiger partial charge in [-0.15, -0.1) is 0 Å². The summed E-state index contributed by atoms with van der Waals surface area (Å²) >= 11 is 0. The zero-order chi connectivity index (χ0) is 28.6. The summed E-state index contributed by atoms with van der Waals surface area (Å²) in [7, 11) is -2.27. The lowest BCUT2D eigenvalue weighted by molar-refractivity contribution is -0.140.